The van der Waals surface area contributed by atoms with Crippen molar-refractivity contribution in [3.63, 3.8) is 0 Å². The van der Waals surface area contributed by atoms with Gasteiger partial charge in [-0.15, -0.1) is 0 Å². The highest BCUT2D eigenvalue weighted by Gasteiger charge is 2.30. The van der Waals surface area contributed by atoms with Crippen molar-refractivity contribution in [3.05, 3.63) is 76.4 Å². The summed E-state index contributed by atoms with van der Waals surface area (Å²) in [6.07, 6.45) is 6.71. The predicted octanol–water partition coefficient (Wildman–Crippen LogP) is 6.51. The number of hydrogen-bond donors (Lipinski definition) is 3. The zero-order chi connectivity index (χ0) is 23.3. The summed E-state index contributed by atoms with van der Waals surface area (Å²) in [5, 5.41) is 11.1. The SMILES string of the molecule is COCc1ccc2c(c1-c1c(C(=O)O)[nH]c(-c3cc(F)cc4[nH]ccc34)c1C(C)C)C=CC2. The maximum Gasteiger partial charge on any atom is 0.352 e. The fourth-order valence-electron chi connectivity index (χ4n) is 5.01. The molecule has 1 aliphatic rings. The average molecular weight is 445 g/mol. The first kappa shape index (κ1) is 21.2. The Hall–Kier alpha value is -3.64. The lowest BCUT2D eigenvalue weighted by molar-refractivity contribution is 0.0692. The number of halogens is 1. The molecule has 0 fully saturated rings. The highest BCUT2D eigenvalue weighted by molar-refractivity contribution is 6.04. The number of aromatic amines is 2. The third-order valence-electron chi connectivity index (χ3n) is 6.33. The number of carbonyl (C=O) groups is 1. The first-order chi connectivity index (χ1) is 15.9. The number of hydrogen-bond acceptors (Lipinski definition) is 2. The van der Waals surface area contributed by atoms with Crippen LogP contribution < -0.4 is 0 Å². The molecule has 5 nitrogen and oxygen atoms in total. The van der Waals surface area contributed by atoms with Gasteiger partial charge in [0, 0.05) is 35.3 Å². The number of ether oxygens (including phenoxy) is 1. The van der Waals surface area contributed by atoms with Gasteiger partial charge in [0.1, 0.15) is 11.5 Å². The minimum Gasteiger partial charge on any atom is -0.477 e. The standard InChI is InChI=1S/C27H25FN2O3/c1-14(2)22-24(23-16(13-33-3)8-7-15-5-4-6-18(15)23)26(27(31)32)30-25(22)20-11-17(28)12-21-19(20)9-10-29-21/h4,6-12,14,29-30H,5,13H2,1-3H3,(H,31,32). The number of aromatic nitrogens is 2. The lowest BCUT2D eigenvalue weighted by atomic mass is 9.85. The molecule has 5 rings (SSSR count). The monoisotopic (exact) mass is 444 g/mol. The molecule has 0 aliphatic heterocycles. The van der Waals surface area contributed by atoms with E-state index in [0.29, 0.717) is 28.9 Å². The molecule has 6 heteroatoms. The van der Waals surface area contributed by atoms with Crippen molar-refractivity contribution < 1.29 is 19.0 Å². The van der Waals surface area contributed by atoms with E-state index in [1.54, 1.807) is 13.3 Å². The molecule has 2 aromatic heterocycles. The number of methoxy groups -OCH3 is 1. The summed E-state index contributed by atoms with van der Waals surface area (Å²) >= 11 is 0. The summed E-state index contributed by atoms with van der Waals surface area (Å²) in [7, 11) is 1.63. The van der Waals surface area contributed by atoms with Gasteiger partial charge >= 0.3 is 5.97 Å². The number of aromatic carboxylic acids is 1. The van der Waals surface area contributed by atoms with Crippen molar-refractivity contribution in [1.29, 1.82) is 0 Å². The van der Waals surface area contributed by atoms with E-state index >= 15 is 0 Å². The second-order valence-corrected chi connectivity index (χ2v) is 8.73. The zero-order valence-electron chi connectivity index (χ0n) is 18.8. The molecule has 0 unspecified atom stereocenters. The number of H-pyrrole nitrogens is 2. The van der Waals surface area contributed by atoms with Crippen molar-refractivity contribution in [2.75, 3.05) is 7.11 Å². The molecule has 3 N–H and O–H groups in total. The van der Waals surface area contributed by atoms with Crippen LogP contribution in [0.5, 0.6) is 0 Å². The van der Waals surface area contributed by atoms with E-state index in [0.717, 1.165) is 39.6 Å². The van der Waals surface area contributed by atoms with Crippen LogP contribution in [0.25, 0.3) is 39.4 Å². The van der Waals surface area contributed by atoms with Gasteiger partial charge < -0.3 is 19.8 Å². The molecule has 4 aromatic rings. The molecule has 0 radical (unpaired) electrons. The Kier molecular flexibility index (Phi) is 5.17. The van der Waals surface area contributed by atoms with E-state index in [2.05, 4.69) is 28.2 Å². The third-order valence-corrected chi connectivity index (χ3v) is 6.33. The largest absolute Gasteiger partial charge is 0.477 e. The Morgan fingerprint density at radius 1 is 1.21 bits per heavy atom. The van der Waals surface area contributed by atoms with Crippen LogP contribution in [-0.4, -0.2) is 28.2 Å². The van der Waals surface area contributed by atoms with Crippen LogP contribution in [0.1, 0.15) is 52.5 Å². The van der Waals surface area contributed by atoms with E-state index in [1.165, 1.54) is 12.1 Å². The topological polar surface area (TPSA) is 78.1 Å². The molecule has 168 valence electrons. The van der Waals surface area contributed by atoms with Crippen LogP contribution in [0.3, 0.4) is 0 Å². The van der Waals surface area contributed by atoms with Gasteiger partial charge in [0.2, 0.25) is 0 Å². The number of benzene rings is 2. The molecule has 0 atom stereocenters. The molecule has 33 heavy (non-hydrogen) atoms. The quantitative estimate of drug-likeness (QED) is 0.317. The number of rotatable bonds is 6. The van der Waals surface area contributed by atoms with E-state index in [-0.39, 0.29) is 17.4 Å². The Labute approximate surface area is 190 Å². The maximum absolute atomic E-state index is 14.6. The van der Waals surface area contributed by atoms with Crippen molar-refractivity contribution in [2.45, 2.75) is 32.8 Å². The second kappa shape index (κ2) is 8.05. The number of carboxylic acid groups (broad SMARTS) is 1. The molecule has 0 amide bonds. The molecule has 0 spiro atoms. The Bertz CT molecular complexity index is 1430. The van der Waals surface area contributed by atoms with Gasteiger partial charge in [-0.3, -0.25) is 0 Å². The van der Waals surface area contributed by atoms with Crippen molar-refractivity contribution in [1.82, 2.24) is 9.97 Å². The summed E-state index contributed by atoms with van der Waals surface area (Å²) in [6, 6.07) is 8.89. The summed E-state index contributed by atoms with van der Waals surface area (Å²) in [5.74, 6) is -1.46. The van der Waals surface area contributed by atoms with Crippen molar-refractivity contribution in [2.24, 2.45) is 0 Å². The van der Waals surface area contributed by atoms with Gasteiger partial charge in [-0.25, -0.2) is 9.18 Å². The zero-order valence-corrected chi connectivity index (χ0v) is 18.8. The fraction of sp³-hybridized carbons (Fsp3) is 0.222. The number of nitrogens with one attached hydrogen (secondary N) is 2. The first-order valence-electron chi connectivity index (χ1n) is 11.0. The van der Waals surface area contributed by atoms with Crippen LogP contribution >= 0.6 is 0 Å². The van der Waals surface area contributed by atoms with Gasteiger partial charge in [-0.2, -0.15) is 0 Å². The van der Waals surface area contributed by atoms with Gasteiger partial charge in [0.15, 0.2) is 0 Å². The predicted molar refractivity (Wildman–Crippen MR) is 128 cm³/mol. The van der Waals surface area contributed by atoms with Gasteiger partial charge in [0.25, 0.3) is 0 Å². The molecule has 0 saturated heterocycles. The summed E-state index contributed by atoms with van der Waals surface area (Å²) in [5.41, 5.74) is 7.50. The van der Waals surface area contributed by atoms with Crippen molar-refractivity contribution >= 4 is 22.9 Å². The lowest BCUT2D eigenvalue weighted by Gasteiger charge is -2.18. The average Bonchev–Trinajstić information content (AvgIpc) is 3.50. The molecule has 0 bridgehead atoms. The highest BCUT2D eigenvalue weighted by Crippen LogP contribution is 2.46. The molecule has 2 heterocycles. The van der Waals surface area contributed by atoms with E-state index < -0.39 is 5.97 Å². The minimum absolute atomic E-state index is 0.0201. The smallest absolute Gasteiger partial charge is 0.352 e. The van der Waals surface area contributed by atoms with E-state index in [4.69, 9.17) is 4.74 Å². The summed E-state index contributed by atoms with van der Waals surface area (Å²) in [4.78, 5) is 18.7. The van der Waals surface area contributed by atoms with Crippen molar-refractivity contribution in [3.8, 4) is 22.4 Å². The maximum atomic E-state index is 14.6. The van der Waals surface area contributed by atoms with Gasteiger partial charge in [-0.1, -0.05) is 38.1 Å². The van der Waals surface area contributed by atoms with Gasteiger partial charge in [-0.05, 0) is 58.4 Å². The van der Waals surface area contributed by atoms with E-state index in [9.17, 15) is 14.3 Å². The minimum atomic E-state index is -1.05. The van der Waals surface area contributed by atoms with Crippen LogP contribution in [-0.2, 0) is 17.8 Å². The van der Waals surface area contributed by atoms with Crippen LogP contribution in [0, 0.1) is 5.82 Å². The molecule has 0 saturated carbocycles. The Morgan fingerprint density at radius 2 is 2.03 bits per heavy atom. The third kappa shape index (κ3) is 3.38. The number of fused-ring (bicyclic) bond motifs is 2. The second-order valence-electron chi connectivity index (χ2n) is 8.73. The lowest BCUT2D eigenvalue weighted by Crippen LogP contribution is -2.04. The normalized spacial score (nSPS) is 12.8. The molecule has 2 aromatic carbocycles. The fourth-order valence-corrected chi connectivity index (χ4v) is 5.01. The summed E-state index contributed by atoms with van der Waals surface area (Å²) in [6.45, 7) is 4.42. The number of carboxylic acids is 1. The van der Waals surface area contributed by atoms with Gasteiger partial charge in [0.05, 0.1) is 12.3 Å². The Morgan fingerprint density at radius 3 is 2.76 bits per heavy atom. The molecular formula is C27H25FN2O3. The molecular weight excluding hydrogens is 419 g/mol. The Balaban J connectivity index is 1.91. The van der Waals surface area contributed by atoms with Crippen LogP contribution in [0.15, 0.2) is 42.6 Å². The summed E-state index contributed by atoms with van der Waals surface area (Å²) < 4.78 is 20.0. The number of allylic oxidation sites excluding steroid dienone is 1. The van der Waals surface area contributed by atoms with Crippen LogP contribution in [0.4, 0.5) is 4.39 Å². The van der Waals surface area contributed by atoms with E-state index in [1.807, 2.05) is 26.0 Å². The highest BCUT2D eigenvalue weighted by atomic mass is 19.1. The first-order valence-corrected chi connectivity index (χ1v) is 11.0. The van der Waals surface area contributed by atoms with Crippen LogP contribution in [0.2, 0.25) is 0 Å². The molecule has 1 aliphatic carbocycles.